The molecule has 3 N–H and O–H groups in total. The minimum atomic E-state index is -0.102. The Bertz CT molecular complexity index is 771. The van der Waals surface area contributed by atoms with Crippen LogP contribution in [0.3, 0.4) is 0 Å². The van der Waals surface area contributed by atoms with Crippen LogP contribution in [0.15, 0.2) is 35.7 Å². The lowest BCUT2D eigenvalue weighted by Crippen LogP contribution is -2.01. The first kappa shape index (κ1) is 14.5. The first-order valence-corrected chi connectivity index (χ1v) is 8.02. The molecular formula is C14H12N4O2S2. The van der Waals surface area contributed by atoms with Gasteiger partial charge in [0.25, 0.3) is 0 Å². The lowest BCUT2D eigenvalue weighted by molar-refractivity contribution is 0.112. The van der Waals surface area contributed by atoms with Crippen LogP contribution in [0.4, 0.5) is 17.3 Å². The van der Waals surface area contributed by atoms with Crippen LogP contribution in [0.2, 0.25) is 0 Å². The number of phenolic OH excluding ortho intramolecular Hbond substituents is 1. The van der Waals surface area contributed by atoms with Crippen molar-refractivity contribution in [2.45, 2.75) is 6.54 Å². The highest BCUT2D eigenvalue weighted by Crippen LogP contribution is 2.31. The van der Waals surface area contributed by atoms with Crippen molar-refractivity contribution in [3.8, 4) is 5.75 Å². The number of nitrogens with zero attached hydrogens (tertiary/aromatic N) is 2. The molecule has 0 spiro atoms. The van der Waals surface area contributed by atoms with E-state index in [2.05, 4.69) is 19.4 Å². The minimum Gasteiger partial charge on any atom is -0.505 e. The van der Waals surface area contributed by atoms with Gasteiger partial charge in [-0.3, -0.25) is 4.79 Å². The van der Waals surface area contributed by atoms with Crippen LogP contribution in [0, 0.1) is 0 Å². The molecule has 0 saturated heterocycles. The number of rotatable bonds is 6. The molecule has 112 valence electrons. The van der Waals surface area contributed by atoms with E-state index in [1.54, 1.807) is 29.5 Å². The summed E-state index contributed by atoms with van der Waals surface area (Å²) >= 11 is 2.72. The zero-order chi connectivity index (χ0) is 15.4. The molecule has 0 aliphatic carbocycles. The van der Waals surface area contributed by atoms with Gasteiger partial charge in [0.2, 0.25) is 0 Å². The second kappa shape index (κ2) is 6.54. The topological polar surface area (TPSA) is 87.1 Å². The molecule has 0 radical (unpaired) electrons. The number of carbonyl (C=O) groups is 1. The van der Waals surface area contributed by atoms with E-state index in [1.807, 2.05) is 17.5 Å². The fourth-order valence-corrected chi connectivity index (χ4v) is 2.99. The Kier molecular flexibility index (Phi) is 4.31. The lowest BCUT2D eigenvalue weighted by atomic mass is 10.2. The summed E-state index contributed by atoms with van der Waals surface area (Å²) in [6.07, 6.45) is 0.607. The summed E-state index contributed by atoms with van der Waals surface area (Å²) in [5.74, 6) is 1.02. The number of aromatic hydroxyl groups is 1. The van der Waals surface area contributed by atoms with Crippen LogP contribution in [0.5, 0.6) is 5.75 Å². The van der Waals surface area contributed by atoms with Gasteiger partial charge in [0, 0.05) is 4.88 Å². The summed E-state index contributed by atoms with van der Waals surface area (Å²) < 4.78 is 8.36. The molecule has 3 aromatic rings. The highest BCUT2D eigenvalue weighted by atomic mass is 32.1. The smallest absolute Gasteiger partial charge is 0.188 e. The third kappa shape index (κ3) is 3.07. The molecule has 22 heavy (non-hydrogen) atoms. The summed E-state index contributed by atoms with van der Waals surface area (Å²) in [5, 5.41) is 18.2. The van der Waals surface area contributed by atoms with Crippen molar-refractivity contribution in [1.82, 2.24) is 8.75 Å². The van der Waals surface area contributed by atoms with Gasteiger partial charge >= 0.3 is 0 Å². The van der Waals surface area contributed by atoms with Crippen LogP contribution in [0.1, 0.15) is 15.2 Å². The van der Waals surface area contributed by atoms with Crippen LogP contribution >= 0.6 is 23.1 Å². The van der Waals surface area contributed by atoms with Gasteiger partial charge in [0.1, 0.15) is 5.75 Å². The van der Waals surface area contributed by atoms with E-state index in [1.165, 1.54) is 4.88 Å². The zero-order valence-electron chi connectivity index (χ0n) is 11.3. The van der Waals surface area contributed by atoms with E-state index in [9.17, 15) is 9.90 Å². The summed E-state index contributed by atoms with van der Waals surface area (Å²) in [5.41, 5.74) is 0.637. The molecule has 0 saturated carbocycles. The van der Waals surface area contributed by atoms with E-state index >= 15 is 0 Å². The Hall–Kier alpha value is -2.45. The summed E-state index contributed by atoms with van der Waals surface area (Å²) in [4.78, 5) is 12.0. The highest BCUT2D eigenvalue weighted by Gasteiger charge is 2.12. The number of aldehydes is 1. The van der Waals surface area contributed by atoms with Crippen molar-refractivity contribution in [2.24, 2.45) is 0 Å². The van der Waals surface area contributed by atoms with E-state index < -0.39 is 0 Å². The number of hydrogen-bond acceptors (Lipinski definition) is 8. The van der Waals surface area contributed by atoms with Gasteiger partial charge in [0.05, 0.1) is 29.5 Å². The van der Waals surface area contributed by atoms with E-state index in [0.29, 0.717) is 30.2 Å². The molecule has 0 amide bonds. The molecule has 0 unspecified atom stereocenters. The second-order valence-corrected chi connectivity index (χ2v) is 5.94. The van der Waals surface area contributed by atoms with Gasteiger partial charge < -0.3 is 15.7 Å². The van der Waals surface area contributed by atoms with Gasteiger partial charge in [0.15, 0.2) is 17.9 Å². The number of nitrogens with one attached hydrogen (secondary N) is 2. The molecule has 2 heterocycles. The average molecular weight is 332 g/mol. The third-order valence-corrected chi connectivity index (χ3v) is 4.35. The van der Waals surface area contributed by atoms with Crippen molar-refractivity contribution in [3.05, 3.63) is 46.2 Å². The monoisotopic (exact) mass is 332 g/mol. The zero-order valence-corrected chi connectivity index (χ0v) is 12.9. The molecule has 0 atom stereocenters. The fourth-order valence-electron chi connectivity index (χ4n) is 1.86. The van der Waals surface area contributed by atoms with Crippen molar-refractivity contribution < 1.29 is 9.90 Å². The quantitative estimate of drug-likeness (QED) is 0.473. The predicted molar refractivity (Wildman–Crippen MR) is 88.3 cm³/mol. The predicted octanol–water partition coefficient (Wildman–Crippen LogP) is 3.47. The third-order valence-electron chi connectivity index (χ3n) is 2.95. The standard InChI is InChI=1S/C14H12N4O2S2/c19-8-9-3-1-5-11(12(9)20)16-14-13(17-22-18-14)15-7-10-4-2-6-21-10/h1-6,8,20H,7H2,(H,15,17)(H,16,18). The Morgan fingerprint density at radius 1 is 1.18 bits per heavy atom. The molecular weight excluding hydrogens is 320 g/mol. The number of phenols is 1. The Morgan fingerprint density at radius 3 is 2.82 bits per heavy atom. The highest BCUT2D eigenvalue weighted by molar-refractivity contribution is 7.09. The molecule has 8 heteroatoms. The Morgan fingerprint density at radius 2 is 2.05 bits per heavy atom. The second-order valence-electron chi connectivity index (χ2n) is 4.38. The first-order chi connectivity index (χ1) is 10.8. The lowest BCUT2D eigenvalue weighted by Gasteiger charge is -2.09. The van der Waals surface area contributed by atoms with E-state index in [-0.39, 0.29) is 11.3 Å². The number of carbonyl (C=O) groups excluding carboxylic acids is 1. The molecule has 0 aliphatic heterocycles. The Labute approximate surface area is 134 Å². The van der Waals surface area contributed by atoms with Gasteiger partial charge in [-0.1, -0.05) is 12.1 Å². The van der Waals surface area contributed by atoms with Gasteiger partial charge in [-0.05, 0) is 23.6 Å². The molecule has 0 fully saturated rings. The molecule has 2 aromatic heterocycles. The maximum atomic E-state index is 10.9. The summed E-state index contributed by atoms with van der Waals surface area (Å²) in [6.45, 7) is 0.651. The number of benzene rings is 1. The number of anilines is 3. The van der Waals surface area contributed by atoms with E-state index in [0.717, 1.165) is 11.7 Å². The molecule has 3 rings (SSSR count). The first-order valence-electron chi connectivity index (χ1n) is 6.41. The minimum absolute atomic E-state index is 0.102. The SMILES string of the molecule is O=Cc1cccc(Nc2nsnc2NCc2cccs2)c1O. The van der Waals surface area contributed by atoms with Crippen LogP contribution in [-0.2, 0) is 6.54 Å². The molecule has 0 aliphatic rings. The van der Waals surface area contributed by atoms with Crippen LogP contribution in [-0.4, -0.2) is 20.1 Å². The normalized spacial score (nSPS) is 10.4. The van der Waals surface area contributed by atoms with Crippen LogP contribution < -0.4 is 10.6 Å². The summed E-state index contributed by atoms with van der Waals surface area (Å²) in [6, 6.07) is 8.92. The van der Waals surface area contributed by atoms with Crippen molar-refractivity contribution in [1.29, 1.82) is 0 Å². The maximum absolute atomic E-state index is 10.9. The van der Waals surface area contributed by atoms with Crippen molar-refractivity contribution in [2.75, 3.05) is 10.6 Å². The van der Waals surface area contributed by atoms with Gasteiger partial charge in [-0.25, -0.2) is 0 Å². The fraction of sp³-hybridized carbons (Fsp3) is 0.0714. The summed E-state index contributed by atoms with van der Waals surface area (Å²) in [7, 11) is 0. The largest absolute Gasteiger partial charge is 0.505 e. The van der Waals surface area contributed by atoms with Crippen LogP contribution in [0.25, 0.3) is 0 Å². The Balaban J connectivity index is 1.76. The molecule has 6 nitrogen and oxygen atoms in total. The number of hydrogen-bond donors (Lipinski definition) is 3. The molecule has 1 aromatic carbocycles. The van der Waals surface area contributed by atoms with E-state index in [4.69, 9.17) is 0 Å². The van der Waals surface area contributed by atoms with Gasteiger partial charge in [-0.2, -0.15) is 8.75 Å². The number of thiophene rings is 1. The van der Waals surface area contributed by atoms with Crippen molar-refractivity contribution in [3.63, 3.8) is 0 Å². The van der Waals surface area contributed by atoms with Gasteiger partial charge in [-0.15, -0.1) is 11.3 Å². The molecule has 0 bridgehead atoms. The number of aromatic nitrogens is 2. The number of para-hydroxylation sites is 1. The maximum Gasteiger partial charge on any atom is 0.188 e. The average Bonchev–Trinajstić information content (AvgIpc) is 3.19. The van der Waals surface area contributed by atoms with Crippen molar-refractivity contribution >= 4 is 46.7 Å².